The lowest BCUT2D eigenvalue weighted by Gasteiger charge is -2.29. The van der Waals surface area contributed by atoms with E-state index in [-0.39, 0.29) is 6.04 Å². The second-order valence-corrected chi connectivity index (χ2v) is 5.68. The zero-order valence-electron chi connectivity index (χ0n) is 11.0. The fourth-order valence-electron chi connectivity index (χ4n) is 2.79. The second-order valence-electron chi connectivity index (χ2n) is 5.68. The van der Waals surface area contributed by atoms with Gasteiger partial charge in [-0.2, -0.15) is 0 Å². The molecule has 1 aliphatic rings. The highest BCUT2D eigenvalue weighted by Gasteiger charge is 2.26. The van der Waals surface area contributed by atoms with Gasteiger partial charge in [-0.05, 0) is 49.7 Å². The molecule has 0 saturated carbocycles. The molecule has 94 valence electrons. The predicted octanol–water partition coefficient (Wildman–Crippen LogP) is 3.27. The monoisotopic (exact) mass is 232 g/mol. The standard InChI is InChI=1S/C15H24N2/c1-11(2)8-9-14(16)13-7-3-5-12-6-4-10-17-15(12)13/h4,6,10-11,13-14H,3,5,7-9,16H2,1-2H3. The first-order chi connectivity index (χ1) is 8.18. The maximum absolute atomic E-state index is 6.37. The Morgan fingerprint density at radius 3 is 3.00 bits per heavy atom. The van der Waals surface area contributed by atoms with E-state index in [0.717, 1.165) is 12.3 Å². The summed E-state index contributed by atoms with van der Waals surface area (Å²) >= 11 is 0. The fourth-order valence-corrected chi connectivity index (χ4v) is 2.79. The molecule has 2 unspecified atom stereocenters. The van der Waals surface area contributed by atoms with E-state index in [0.29, 0.717) is 5.92 Å². The summed E-state index contributed by atoms with van der Waals surface area (Å²) in [5.74, 6) is 1.23. The summed E-state index contributed by atoms with van der Waals surface area (Å²) < 4.78 is 0. The molecule has 2 N–H and O–H groups in total. The maximum Gasteiger partial charge on any atom is 0.0481 e. The van der Waals surface area contributed by atoms with Gasteiger partial charge in [0.2, 0.25) is 0 Å². The van der Waals surface area contributed by atoms with Gasteiger partial charge in [0, 0.05) is 23.9 Å². The van der Waals surface area contributed by atoms with Crippen LogP contribution in [0, 0.1) is 5.92 Å². The first-order valence-corrected chi connectivity index (χ1v) is 6.88. The van der Waals surface area contributed by atoms with Gasteiger partial charge in [-0.25, -0.2) is 0 Å². The number of nitrogens with zero attached hydrogens (tertiary/aromatic N) is 1. The molecule has 1 aromatic rings. The first-order valence-electron chi connectivity index (χ1n) is 6.88. The summed E-state index contributed by atoms with van der Waals surface area (Å²) in [6.07, 6.45) is 7.91. The van der Waals surface area contributed by atoms with Crippen LogP contribution in [0.25, 0.3) is 0 Å². The van der Waals surface area contributed by atoms with Crippen molar-refractivity contribution in [2.75, 3.05) is 0 Å². The minimum absolute atomic E-state index is 0.284. The number of hydrogen-bond donors (Lipinski definition) is 1. The fraction of sp³-hybridized carbons (Fsp3) is 0.667. The van der Waals surface area contributed by atoms with Gasteiger partial charge in [0.05, 0.1) is 0 Å². The molecule has 0 bridgehead atoms. The van der Waals surface area contributed by atoms with Crippen LogP contribution < -0.4 is 5.73 Å². The summed E-state index contributed by atoms with van der Waals surface area (Å²) in [7, 11) is 0. The molecule has 17 heavy (non-hydrogen) atoms. The van der Waals surface area contributed by atoms with Crippen LogP contribution in [-0.2, 0) is 6.42 Å². The number of aryl methyl sites for hydroxylation is 1. The van der Waals surface area contributed by atoms with Crippen LogP contribution in [0.3, 0.4) is 0 Å². The minimum Gasteiger partial charge on any atom is -0.327 e. The summed E-state index contributed by atoms with van der Waals surface area (Å²) in [5.41, 5.74) is 9.06. The lowest BCUT2D eigenvalue weighted by Crippen LogP contribution is -2.32. The molecule has 0 aliphatic heterocycles. The molecular formula is C15H24N2. The molecule has 0 spiro atoms. The van der Waals surface area contributed by atoms with Crippen molar-refractivity contribution in [3.05, 3.63) is 29.6 Å². The van der Waals surface area contributed by atoms with Crippen molar-refractivity contribution >= 4 is 0 Å². The number of pyridine rings is 1. The van der Waals surface area contributed by atoms with Crippen LogP contribution in [0.4, 0.5) is 0 Å². The molecule has 1 aliphatic carbocycles. The van der Waals surface area contributed by atoms with Crippen molar-refractivity contribution in [1.82, 2.24) is 4.98 Å². The van der Waals surface area contributed by atoms with E-state index in [1.54, 1.807) is 0 Å². The van der Waals surface area contributed by atoms with Gasteiger partial charge in [-0.3, -0.25) is 4.98 Å². The Morgan fingerprint density at radius 2 is 2.24 bits per heavy atom. The van der Waals surface area contributed by atoms with Gasteiger partial charge >= 0.3 is 0 Å². The van der Waals surface area contributed by atoms with Gasteiger partial charge in [-0.1, -0.05) is 19.9 Å². The highest BCUT2D eigenvalue weighted by Crippen LogP contribution is 2.33. The topological polar surface area (TPSA) is 38.9 Å². The van der Waals surface area contributed by atoms with Gasteiger partial charge < -0.3 is 5.73 Å². The zero-order valence-corrected chi connectivity index (χ0v) is 11.0. The predicted molar refractivity (Wildman–Crippen MR) is 72.0 cm³/mol. The van der Waals surface area contributed by atoms with E-state index < -0.39 is 0 Å². The highest BCUT2D eigenvalue weighted by atomic mass is 14.7. The van der Waals surface area contributed by atoms with Gasteiger partial charge in [-0.15, -0.1) is 0 Å². The maximum atomic E-state index is 6.37. The summed E-state index contributed by atoms with van der Waals surface area (Å²) in [5, 5.41) is 0. The molecule has 2 nitrogen and oxygen atoms in total. The van der Waals surface area contributed by atoms with Crippen molar-refractivity contribution in [1.29, 1.82) is 0 Å². The van der Waals surface area contributed by atoms with Crippen LogP contribution in [0.5, 0.6) is 0 Å². The lowest BCUT2D eigenvalue weighted by molar-refractivity contribution is 0.401. The van der Waals surface area contributed by atoms with Crippen molar-refractivity contribution in [2.45, 2.75) is 57.9 Å². The first kappa shape index (κ1) is 12.6. The third-order valence-electron chi connectivity index (χ3n) is 3.83. The third kappa shape index (κ3) is 3.06. The van der Waals surface area contributed by atoms with E-state index in [9.17, 15) is 0 Å². The highest BCUT2D eigenvalue weighted by molar-refractivity contribution is 5.27. The van der Waals surface area contributed by atoms with Crippen LogP contribution >= 0.6 is 0 Å². The molecular weight excluding hydrogens is 208 g/mol. The largest absolute Gasteiger partial charge is 0.327 e. The van der Waals surface area contributed by atoms with Crippen LogP contribution in [0.1, 0.15) is 56.7 Å². The van der Waals surface area contributed by atoms with Crippen LogP contribution in [0.2, 0.25) is 0 Å². The lowest BCUT2D eigenvalue weighted by atomic mass is 9.80. The van der Waals surface area contributed by atoms with Crippen molar-refractivity contribution in [3.8, 4) is 0 Å². The molecule has 2 atom stereocenters. The average molecular weight is 232 g/mol. The Labute approximate surface area is 105 Å². The van der Waals surface area contributed by atoms with E-state index >= 15 is 0 Å². The summed E-state index contributed by atoms with van der Waals surface area (Å²) in [6, 6.07) is 4.54. The Kier molecular flexibility index (Phi) is 4.16. The van der Waals surface area contributed by atoms with Crippen LogP contribution in [-0.4, -0.2) is 11.0 Å². The second kappa shape index (κ2) is 5.63. The zero-order chi connectivity index (χ0) is 12.3. The van der Waals surface area contributed by atoms with Gasteiger partial charge in [0.25, 0.3) is 0 Å². The number of rotatable bonds is 4. The normalized spacial score (nSPS) is 21.3. The van der Waals surface area contributed by atoms with Crippen molar-refractivity contribution in [2.24, 2.45) is 11.7 Å². The Hall–Kier alpha value is -0.890. The number of aromatic nitrogens is 1. The third-order valence-corrected chi connectivity index (χ3v) is 3.83. The molecule has 0 amide bonds. The molecule has 0 fully saturated rings. The molecule has 0 radical (unpaired) electrons. The van der Waals surface area contributed by atoms with Crippen LogP contribution in [0.15, 0.2) is 18.3 Å². The molecule has 1 heterocycles. The number of fused-ring (bicyclic) bond motifs is 1. The molecule has 0 aromatic carbocycles. The quantitative estimate of drug-likeness (QED) is 0.865. The number of nitrogens with two attached hydrogens (primary N) is 1. The molecule has 2 rings (SSSR count). The van der Waals surface area contributed by atoms with Crippen molar-refractivity contribution < 1.29 is 0 Å². The smallest absolute Gasteiger partial charge is 0.0481 e. The Bertz CT molecular complexity index is 360. The molecule has 1 aromatic heterocycles. The summed E-state index contributed by atoms with van der Waals surface area (Å²) in [6.45, 7) is 4.53. The van der Waals surface area contributed by atoms with Crippen molar-refractivity contribution in [3.63, 3.8) is 0 Å². The Morgan fingerprint density at radius 1 is 1.41 bits per heavy atom. The average Bonchev–Trinajstić information content (AvgIpc) is 2.35. The summed E-state index contributed by atoms with van der Waals surface area (Å²) in [4.78, 5) is 4.57. The van der Waals surface area contributed by atoms with E-state index in [1.165, 1.54) is 36.9 Å². The minimum atomic E-state index is 0.284. The van der Waals surface area contributed by atoms with E-state index in [4.69, 9.17) is 5.73 Å². The SMILES string of the molecule is CC(C)CCC(N)C1CCCc2cccnc21. The van der Waals surface area contributed by atoms with Gasteiger partial charge in [0.1, 0.15) is 0 Å². The Balaban J connectivity index is 2.07. The van der Waals surface area contributed by atoms with Gasteiger partial charge in [0.15, 0.2) is 0 Å². The molecule has 0 saturated heterocycles. The van der Waals surface area contributed by atoms with E-state index in [2.05, 4.69) is 24.9 Å². The molecule has 2 heteroatoms. The van der Waals surface area contributed by atoms with E-state index in [1.807, 2.05) is 12.3 Å². The number of hydrogen-bond acceptors (Lipinski definition) is 2.